The predicted molar refractivity (Wildman–Crippen MR) is 59.7 cm³/mol. The number of nitrogens with two attached hydrogens (primary N) is 1. The Labute approximate surface area is 100 Å². The molecule has 0 aromatic heterocycles. The van der Waals surface area contributed by atoms with Gasteiger partial charge >= 0.3 is 6.18 Å². The zero-order valence-electron chi connectivity index (χ0n) is 10.2. The van der Waals surface area contributed by atoms with Gasteiger partial charge in [0.25, 0.3) is 0 Å². The van der Waals surface area contributed by atoms with Crippen molar-refractivity contribution in [2.75, 3.05) is 32.8 Å². The molecule has 1 rings (SSSR count). The van der Waals surface area contributed by atoms with E-state index in [9.17, 15) is 13.2 Å². The molecule has 0 aromatic carbocycles. The Bertz CT molecular complexity index is 223. The van der Waals surface area contributed by atoms with Crippen molar-refractivity contribution >= 4 is 0 Å². The van der Waals surface area contributed by atoms with E-state index < -0.39 is 12.7 Å². The normalized spacial score (nSPS) is 26.5. The molecular formula is C11H21F3N2O. The minimum Gasteiger partial charge on any atom is -0.381 e. The molecule has 0 aromatic rings. The second-order valence-electron chi connectivity index (χ2n) is 4.64. The first-order valence-electron chi connectivity index (χ1n) is 6.05. The standard InChI is InChI=1S/C11H21F3N2O/c1-2-4-16(8-11(12,13)14)6-9-7-17-5-3-10(9)15/h9-10H,2-8,15H2,1H3. The van der Waals surface area contributed by atoms with Gasteiger partial charge in [-0.15, -0.1) is 0 Å². The average Bonchev–Trinajstić information content (AvgIpc) is 2.19. The quantitative estimate of drug-likeness (QED) is 0.810. The van der Waals surface area contributed by atoms with Crippen LogP contribution < -0.4 is 5.73 Å². The fourth-order valence-corrected chi connectivity index (χ4v) is 2.14. The molecule has 1 aliphatic rings. The highest BCUT2D eigenvalue weighted by Gasteiger charge is 2.32. The van der Waals surface area contributed by atoms with E-state index in [0.717, 1.165) is 6.42 Å². The predicted octanol–water partition coefficient (Wildman–Crippen LogP) is 1.62. The van der Waals surface area contributed by atoms with Gasteiger partial charge in [-0.25, -0.2) is 0 Å². The average molecular weight is 254 g/mol. The lowest BCUT2D eigenvalue weighted by Gasteiger charge is -2.33. The van der Waals surface area contributed by atoms with Crippen molar-refractivity contribution in [1.29, 1.82) is 0 Å². The minimum atomic E-state index is -4.14. The van der Waals surface area contributed by atoms with Crippen molar-refractivity contribution in [2.45, 2.75) is 32.0 Å². The smallest absolute Gasteiger partial charge is 0.381 e. The van der Waals surface area contributed by atoms with Crippen LogP contribution in [0.4, 0.5) is 13.2 Å². The van der Waals surface area contributed by atoms with Gasteiger partial charge < -0.3 is 10.5 Å². The maximum absolute atomic E-state index is 12.4. The van der Waals surface area contributed by atoms with Crippen LogP contribution in [-0.2, 0) is 4.74 Å². The molecule has 1 heterocycles. The first-order valence-corrected chi connectivity index (χ1v) is 6.05. The van der Waals surface area contributed by atoms with Crippen molar-refractivity contribution < 1.29 is 17.9 Å². The van der Waals surface area contributed by atoms with Crippen LogP contribution in [0.15, 0.2) is 0 Å². The molecule has 0 spiro atoms. The van der Waals surface area contributed by atoms with Crippen LogP contribution >= 0.6 is 0 Å². The van der Waals surface area contributed by atoms with E-state index in [0.29, 0.717) is 32.7 Å². The van der Waals surface area contributed by atoms with Crippen LogP contribution in [0.1, 0.15) is 19.8 Å². The molecule has 1 fully saturated rings. The van der Waals surface area contributed by atoms with Gasteiger partial charge in [-0.3, -0.25) is 4.90 Å². The number of ether oxygens (including phenoxy) is 1. The van der Waals surface area contributed by atoms with Crippen molar-refractivity contribution in [3.63, 3.8) is 0 Å². The van der Waals surface area contributed by atoms with Crippen molar-refractivity contribution in [3.05, 3.63) is 0 Å². The molecule has 17 heavy (non-hydrogen) atoms. The Balaban J connectivity index is 2.47. The number of hydrogen-bond donors (Lipinski definition) is 1. The molecular weight excluding hydrogens is 233 g/mol. The van der Waals surface area contributed by atoms with Gasteiger partial charge in [0.2, 0.25) is 0 Å². The van der Waals surface area contributed by atoms with Gasteiger partial charge in [-0.1, -0.05) is 6.92 Å². The van der Waals surface area contributed by atoms with Crippen LogP contribution in [0.2, 0.25) is 0 Å². The third-order valence-corrected chi connectivity index (χ3v) is 2.97. The number of rotatable bonds is 5. The topological polar surface area (TPSA) is 38.5 Å². The lowest BCUT2D eigenvalue weighted by molar-refractivity contribution is -0.148. The molecule has 2 unspecified atom stereocenters. The first-order chi connectivity index (χ1) is 7.92. The Morgan fingerprint density at radius 2 is 2.12 bits per heavy atom. The summed E-state index contributed by atoms with van der Waals surface area (Å²) in [5, 5.41) is 0. The summed E-state index contributed by atoms with van der Waals surface area (Å²) in [6.07, 6.45) is -2.70. The Morgan fingerprint density at radius 1 is 1.41 bits per heavy atom. The molecule has 1 saturated heterocycles. The first kappa shape index (κ1) is 14.7. The summed E-state index contributed by atoms with van der Waals surface area (Å²) < 4.78 is 42.4. The van der Waals surface area contributed by atoms with Gasteiger partial charge in [0.15, 0.2) is 0 Å². The fraction of sp³-hybridized carbons (Fsp3) is 1.00. The highest BCUT2D eigenvalue weighted by atomic mass is 19.4. The summed E-state index contributed by atoms with van der Waals surface area (Å²) in [5.41, 5.74) is 5.90. The Kier molecular flexibility index (Phi) is 5.69. The monoisotopic (exact) mass is 254 g/mol. The fourth-order valence-electron chi connectivity index (χ4n) is 2.14. The number of hydrogen-bond acceptors (Lipinski definition) is 3. The van der Waals surface area contributed by atoms with E-state index in [1.165, 1.54) is 4.90 Å². The molecule has 6 heteroatoms. The Morgan fingerprint density at radius 3 is 2.65 bits per heavy atom. The molecule has 0 saturated carbocycles. The van der Waals surface area contributed by atoms with Crippen molar-refractivity contribution in [1.82, 2.24) is 4.90 Å². The van der Waals surface area contributed by atoms with E-state index in [1.807, 2.05) is 6.92 Å². The van der Waals surface area contributed by atoms with Crippen LogP contribution in [0.3, 0.4) is 0 Å². The van der Waals surface area contributed by atoms with Crippen LogP contribution in [0, 0.1) is 5.92 Å². The molecule has 1 aliphatic heterocycles. The van der Waals surface area contributed by atoms with Gasteiger partial charge in [0, 0.05) is 25.1 Å². The van der Waals surface area contributed by atoms with E-state index in [2.05, 4.69) is 0 Å². The van der Waals surface area contributed by atoms with Crippen molar-refractivity contribution in [3.8, 4) is 0 Å². The number of nitrogens with zero attached hydrogens (tertiary/aromatic N) is 1. The number of alkyl halides is 3. The van der Waals surface area contributed by atoms with Crippen LogP contribution in [-0.4, -0.2) is 50.0 Å². The van der Waals surface area contributed by atoms with Crippen LogP contribution in [0.25, 0.3) is 0 Å². The summed E-state index contributed by atoms with van der Waals surface area (Å²) in [5.74, 6) is 0.0117. The van der Waals surface area contributed by atoms with Gasteiger partial charge in [-0.05, 0) is 19.4 Å². The van der Waals surface area contributed by atoms with E-state index in [-0.39, 0.29) is 12.0 Å². The lowest BCUT2D eigenvalue weighted by Crippen LogP contribution is -2.47. The van der Waals surface area contributed by atoms with E-state index >= 15 is 0 Å². The molecule has 0 amide bonds. The molecule has 0 radical (unpaired) electrons. The zero-order valence-corrected chi connectivity index (χ0v) is 10.2. The second kappa shape index (κ2) is 6.56. The molecule has 0 aliphatic carbocycles. The maximum atomic E-state index is 12.4. The molecule has 0 bridgehead atoms. The lowest BCUT2D eigenvalue weighted by atomic mass is 9.96. The molecule has 2 atom stereocenters. The zero-order chi connectivity index (χ0) is 12.9. The third-order valence-electron chi connectivity index (χ3n) is 2.97. The summed E-state index contributed by atoms with van der Waals surface area (Å²) >= 11 is 0. The summed E-state index contributed by atoms with van der Waals surface area (Å²) in [6, 6.07) is -0.0451. The maximum Gasteiger partial charge on any atom is 0.401 e. The largest absolute Gasteiger partial charge is 0.401 e. The van der Waals surface area contributed by atoms with Crippen molar-refractivity contribution in [2.24, 2.45) is 11.7 Å². The highest BCUT2D eigenvalue weighted by Crippen LogP contribution is 2.20. The summed E-state index contributed by atoms with van der Waals surface area (Å²) in [4.78, 5) is 1.43. The highest BCUT2D eigenvalue weighted by molar-refractivity contribution is 4.80. The second-order valence-corrected chi connectivity index (χ2v) is 4.64. The summed E-state index contributed by atoms with van der Waals surface area (Å²) in [7, 11) is 0. The third kappa shape index (κ3) is 5.70. The Hall–Kier alpha value is -0.330. The van der Waals surface area contributed by atoms with E-state index in [1.54, 1.807) is 0 Å². The van der Waals surface area contributed by atoms with Gasteiger partial charge in [0.05, 0.1) is 13.2 Å². The SMILES string of the molecule is CCCN(CC1COCCC1N)CC(F)(F)F. The molecule has 2 N–H and O–H groups in total. The summed E-state index contributed by atoms with van der Waals surface area (Å²) in [6.45, 7) is 2.92. The molecule has 3 nitrogen and oxygen atoms in total. The number of halogens is 3. The van der Waals surface area contributed by atoms with Crippen LogP contribution in [0.5, 0.6) is 0 Å². The molecule has 102 valence electrons. The minimum absolute atomic E-state index is 0.0117. The van der Waals surface area contributed by atoms with Gasteiger partial charge in [0.1, 0.15) is 0 Å². The van der Waals surface area contributed by atoms with Gasteiger partial charge in [-0.2, -0.15) is 13.2 Å². The van der Waals surface area contributed by atoms with E-state index in [4.69, 9.17) is 10.5 Å².